The largest absolute Gasteiger partial charge is 0.341 e. The zero-order valence-corrected chi connectivity index (χ0v) is 14.0. The second kappa shape index (κ2) is 6.95. The van der Waals surface area contributed by atoms with Crippen molar-refractivity contribution >= 4 is 17.5 Å². The number of carbonyl (C=O) groups is 2. The smallest absolute Gasteiger partial charge is 0.254 e. The van der Waals surface area contributed by atoms with Gasteiger partial charge in [-0.15, -0.1) is 0 Å². The first-order chi connectivity index (χ1) is 10.5. The van der Waals surface area contributed by atoms with Crippen molar-refractivity contribution < 1.29 is 9.59 Å². The maximum absolute atomic E-state index is 12.8. The Labute approximate surface area is 132 Å². The molecule has 0 saturated carbocycles. The molecular weight excluding hydrogens is 276 g/mol. The zero-order valence-electron chi connectivity index (χ0n) is 14.0. The lowest BCUT2D eigenvalue weighted by molar-refractivity contribution is -0.126. The summed E-state index contributed by atoms with van der Waals surface area (Å²) in [7, 11) is 0. The summed E-state index contributed by atoms with van der Waals surface area (Å²) < 4.78 is 0. The normalized spacial score (nSPS) is 16.8. The summed E-state index contributed by atoms with van der Waals surface area (Å²) in [6.07, 6.45) is 4.50. The molecule has 0 fully saturated rings. The van der Waals surface area contributed by atoms with Crippen molar-refractivity contribution in [3.63, 3.8) is 0 Å². The third-order valence-corrected chi connectivity index (χ3v) is 4.29. The number of benzene rings is 1. The van der Waals surface area contributed by atoms with Gasteiger partial charge in [0.1, 0.15) is 6.04 Å². The summed E-state index contributed by atoms with van der Waals surface area (Å²) in [5, 5.41) is 2.82. The highest BCUT2D eigenvalue weighted by molar-refractivity contribution is 6.07. The molecule has 0 bridgehead atoms. The number of hydrogen-bond acceptors (Lipinski definition) is 2. The minimum atomic E-state index is -0.529. The topological polar surface area (TPSA) is 49.4 Å². The molecule has 0 saturated heterocycles. The van der Waals surface area contributed by atoms with E-state index in [1.165, 1.54) is 19.8 Å². The lowest BCUT2D eigenvalue weighted by Gasteiger charge is -2.19. The van der Waals surface area contributed by atoms with Gasteiger partial charge in [-0.2, -0.15) is 0 Å². The van der Waals surface area contributed by atoms with Crippen molar-refractivity contribution in [3.8, 4) is 0 Å². The molecule has 1 aliphatic rings. The second-order valence-electron chi connectivity index (χ2n) is 6.15. The average Bonchev–Trinajstić information content (AvgIpc) is 2.73. The number of fused-ring (bicyclic) bond motifs is 1. The van der Waals surface area contributed by atoms with Gasteiger partial charge in [0, 0.05) is 19.0 Å². The Morgan fingerprint density at radius 3 is 2.50 bits per heavy atom. The van der Waals surface area contributed by atoms with Crippen LogP contribution >= 0.6 is 0 Å². The molecule has 0 unspecified atom stereocenters. The van der Waals surface area contributed by atoms with Crippen LogP contribution in [0.5, 0.6) is 0 Å². The monoisotopic (exact) mass is 302 g/mol. The van der Waals surface area contributed by atoms with Crippen LogP contribution in [0.15, 0.2) is 12.1 Å². The van der Waals surface area contributed by atoms with Gasteiger partial charge in [-0.3, -0.25) is 9.59 Å². The number of amides is 2. The SMILES string of the molecule is CCCCCCN1C(=O)[C@@H](NC(C)=O)c2c(C)ccc(C)c21. The van der Waals surface area contributed by atoms with E-state index in [0.717, 1.165) is 41.8 Å². The minimum Gasteiger partial charge on any atom is -0.341 e. The zero-order chi connectivity index (χ0) is 16.3. The lowest BCUT2D eigenvalue weighted by Crippen LogP contribution is -2.37. The number of carbonyl (C=O) groups excluding carboxylic acids is 2. The number of rotatable bonds is 6. The van der Waals surface area contributed by atoms with Crippen LogP contribution < -0.4 is 10.2 Å². The van der Waals surface area contributed by atoms with Crippen molar-refractivity contribution in [2.24, 2.45) is 0 Å². The van der Waals surface area contributed by atoms with Crippen molar-refractivity contribution in [2.75, 3.05) is 11.4 Å². The van der Waals surface area contributed by atoms with Gasteiger partial charge in [0.25, 0.3) is 5.91 Å². The molecular formula is C18H26N2O2. The van der Waals surface area contributed by atoms with Crippen LogP contribution in [0.4, 0.5) is 5.69 Å². The van der Waals surface area contributed by atoms with Crippen molar-refractivity contribution in [1.29, 1.82) is 0 Å². The van der Waals surface area contributed by atoms with Crippen LogP contribution in [0, 0.1) is 13.8 Å². The molecule has 2 amide bonds. The molecule has 4 heteroatoms. The van der Waals surface area contributed by atoms with E-state index >= 15 is 0 Å². The van der Waals surface area contributed by atoms with Gasteiger partial charge in [-0.05, 0) is 31.4 Å². The first kappa shape index (κ1) is 16.5. The van der Waals surface area contributed by atoms with E-state index < -0.39 is 6.04 Å². The summed E-state index contributed by atoms with van der Waals surface area (Å²) >= 11 is 0. The fraction of sp³-hybridized carbons (Fsp3) is 0.556. The lowest BCUT2D eigenvalue weighted by atomic mass is 9.99. The molecule has 0 aliphatic carbocycles. The van der Waals surface area contributed by atoms with Gasteiger partial charge in [0.15, 0.2) is 0 Å². The number of nitrogens with zero attached hydrogens (tertiary/aromatic N) is 1. The maximum atomic E-state index is 12.8. The van der Waals surface area contributed by atoms with Gasteiger partial charge in [0.2, 0.25) is 5.91 Å². The van der Waals surface area contributed by atoms with Crippen molar-refractivity contribution in [2.45, 2.75) is 59.4 Å². The number of nitrogens with one attached hydrogen (secondary N) is 1. The Hall–Kier alpha value is -1.84. The quantitative estimate of drug-likeness (QED) is 0.819. The van der Waals surface area contributed by atoms with Gasteiger partial charge in [-0.1, -0.05) is 38.3 Å². The van der Waals surface area contributed by atoms with E-state index in [4.69, 9.17) is 0 Å². The van der Waals surface area contributed by atoms with E-state index in [0.29, 0.717) is 0 Å². The van der Waals surface area contributed by atoms with Crippen LogP contribution in [0.2, 0.25) is 0 Å². The first-order valence-electron chi connectivity index (χ1n) is 8.16. The molecule has 0 radical (unpaired) electrons. The Morgan fingerprint density at radius 1 is 1.18 bits per heavy atom. The van der Waals surface area contributed by atoms with Gasteiger partial charge >= 0.3 is 0 Å². The summed E-state index contributed by atoms with van der Waals surface area (Å²) in [5.41, 5.74) is 4.12. The van der Waals surface area contributed by atoms with Gasteiger partial charge in [0.05, 0.1) is 5.69 Å². The van der Waals surface area contributed by atoms with E-state index in [2.05, 4.69) is 18.3 Å². The van der Waals surface area contributed by atoms with Crippen molar-refractivity contribution in [1.82, 2.24) is 5.32 Å². The van der Waals surface area contributed by atoms with E-state index in [1.54, 1.807) is 0 Å². The highest BCUT2D eigenvalue weighted by Gasteiger charge is 2.39. The highest BCUT2D eigenvalue weighted by atomic mass is 16.2. The third kappa shape index (κ3) is 3.16. The van der Waals surface area contributed by atoms with E-state index in [1.807, 2.05) is 24.8 Å². The molecule has 120 valence electrons. The van der Waals surface area contributed by atoms with Crippen LogP contribution in [-0.2, 0) is 9.59 Å². The Balaban J connectivity index is 2.32. The summed E-state index contributed by atoms with van der Waals surface area (Å²) in [6.45, 7) is 8.40. The second-order valence-corrected chi connectivity index (χ2v) is 6.15. The Kier molecular flexibility index (Phi) is 5.22. The molecule has 2 rings (SSSR count). The fourth-order valence-electron chi connectivity index (χ4n) is 3.19. The van der Waals surface area contributed by atoms with Crippen LogP contribution in [0.3, 0.4) is 0 Å². The fourth-order valence-corrected chi connectivity index (χ4v) is 3.19. The molecule has 1 aromatic rings. The first-order valence-corrected chi connectivity index (χ1v) is 8.16. The van der Waals surface area contributed by atoms with Crippen LogP contribution in [0.1, 0.15) is 62.3 Å². The van der Waals surface area contributed by atoms with Gasteiger partial charge < -0.3 is 10.2 Å². The molecule has 1 atom stereocenters. The number of anilines is 1. The third-order valence-electron chi connectivity index (χ3n) is 4.29. The summed E-state index contributed by atoms with van der Waals surface area (Å²) in [6, 6.07) is 3.55. The van der Waals surface area contributed by atoms with Crippen molar-refractivity contribution in [3.05, 3.63) is 28.8 Å². The summed E-state index contributed by atoms with van der Waals surface area (Å²) in [4.78, 5) is 26.1. The highest BCUT2D eigenvalue weighted by Crippen LogP contribution is 2.40. The summed E-state index contributed by atoms with van der Waals surface area (Å²) in [5.74, 6) is -0.169. The molecule has 1 aromatic carbocycles. The Morgan fingerprint density at radius 2 is 1.86 bits per heavy atom. The Bertz CT molecular complexity index is 581. The number of aryl methyl sites for hydroxylation is 2. The molecule has 1 aliphatic heterocycles. The van der Waals surface area contributed by atoms with Gasteiger partial charge in [-0.25, -0.2) is 0 Å². The predicted molar refractivity (Wildman–Crippen MR) is 89.0 cm³/mol. The molecule has 0 spiro atoms. The standard InChI is InChI=1S/C18H26N2O2/c1-5-6-7-8-11-20-17-13(3)10-9-12(2)15(17)16(18(20)22)19-14(4)21/h9-10,16H,5-8,11H2,1-4H3,(H,19,21)/t16-/m0/s1. The average molecular weight is 302 g/mol. The van der Waals surface area contributed by atoms with Crippen LogP contribution in [0.25, 0.3) is 0 Å². The van der Waals surface area contributed by atoms with E-state index in [9.17, 15) is 9.59 Å². The minimum absolute atomic E-state index is 0.000835. The number of unbranched alkanes of at least 4 members (excludes halogenated alkanes) is 3. The maximum Gasteiger partial charge on any atom is 0.254 e. The molecule has 1 N–H and O–H groups in total. The molecule has 0 aromatic heterocycles. The molecule has 1 heterocycles. The molecule has 4 nitrogen and oxygen atoms in total. The van der Waals surface area contributed by atoms with E-state index in [-0.39, 0.29) is 11.8 Å². The number of hydrogen-bond donors (Lipinski definition) is 1. The predicted octanol–water partition coefficient (Wildman–Crippen LogP) is 3.41. The molecule has 22 heavy (non-hydrogen) atoms. The van der Waals surface area contributed by atoms with Crippen LogP contribution in [-0.4, -0.2) is 18.4 Å².